The minimum atomic E-state index is -0.407. The molecule has 2 N–H and O–H groups in total. The number of thiazole rings is 1. The van der Waals surface area contributed by atoms with Crippen molar-refractivity contribution >= 4 is 34.0 Å². The summed E-state index contributed by atoms with van der Waals surface area (Å²) >= 11 is 1.22. The van der Waals surface area contributed by atoms with Crippen LogP contribution in [-0.4, -0.2) is 16.8 Å². The van der Waals surface area contributed by atoms with Gasteiger partial charge in [-0.15, -0.1) is 11.3 Å². The average Bonchev–Trinajstić information content (AvgIpc) is 3.42. The molecule has 0 spiro atoms. The number of hydrogen-bond acceptors (Lipinski definition) is 6. The Hall–Kier alpha value is -3.98. The first-order chi connectivity index (χ1) is 15.0. The SMILES string of the molecule is O=C(Cc1csc(NC(=O)c2ccco2)n1)Nc1ccc(Oc2cccc(F)c2)cc1. The van der Waals surface area contributed by atoms with E-state index in [1.807, 2.05) is 0 Å². The first-order valence-electron chi connectivity index (χ1n) is 9.18. The third-order valence-electron chi connectivity index (χ3n) is 4.03. The summed E-state index contributed by atoms with van der Waals surface area (Å²) in [5.74, 6) is 0.0330. The van der Waals surface area contributed by atoms with Gasteiger partial charge in [0, 0.05) is 17.1 Å². The van der Waals surface area contributed by atoms with E-state index in [2.05, 4.69) is 15.6 Å². The van der Waals surface area contributed by atoms with E-state index in [0.717, 1.165) is 0 Å². The standard InChI is InChI=1S/C22H16FN3O4S/c23-14-3-1-4-18(11-14)30-17-8-6-15(7-9-17)24-20(27)12-16-13-31-22(25-16)26-21(28)19-5-2-10-29-19/h1-11,13H,12H2,(H,24,27)(H,25,26,28). The second kappa shape index (κ2) is 9.23. The van der Waals surface area contributed by atoms with E-state index < -0.39 is 5.91 Å². The summed E-state index contributed by atoms with van der Waals surface area (Å²) in [6.07, 6.45) is 1.46. The van der Waals surface area contributed by atoms with E-state index in [9.17, 15) is 14.0 Å². The number of nitrogens with zero attached hydrogens (tertiary/aromatic N) is 1. The van der Waals surface area contributed by atoms with Crippen LogP contribution >= 0.6 is 11.3 Å². The summed E-state index contributed by atoms with van der Waals surface area (Å²) in [6, 6.07) is 15.7. The number of aromatic nitrogens is 1. The number of halogens is 1. The maximum absolute atomic E-state index is 13.2. The molecule has 0 saturated heterocycles. The molecule has 0 saturated carbocycles. The molecule has 0 bridgehead atoms. The molecule has 0 radical (unpaired) electrons. The third kappa shape index (κ3) is 5.55. The Morgan fingerprint density at radius 3 is 2.61 bits per heavy atom. The fraction of sp³-hybridized carbons (Fsp3) is 0.0455. The first kappa shape index (κ1) is 20.3. The largest absolute Gasteiger partial charge is 0.459 e. The summed E-state index contributed by atoms with van der Waals surface area (Å²) in [7, 11) is 0. The van der Waals surface area contributed by atoms with Crippen molar-refractivity contribution in [2.45, 2.75) is 6.42 Å². The van der Waals surface area contributed by atoms with Gasteiger partial charge in [-0.2, -0.15) is 0 Å². The summed E-state index contributed by atoms with van der Waals surface area (Å²) in [4.78, 5) is 28.5. The van der Waals surface area contributed by atoms with E-state index in [-0.39, 0.29) is 23.9 Å². The maximum atomic E-state index is 13.2. The number of nitrogens with one attached hydrogen (secondary N) is 2. The second-order valence-electron chi connectivity index (χ2n) is 6.38. The molecule has 2 aromatic heterocycles. The topological polar surface area (TPSA) is 93.5 Å². The van der Waals surface area contributed by atoms with Gasteiger partial charge in [0.15, 0.2) is 10.9 Å². The van der Waals surface area contributed by atoms with Crippen molar-refractivity contribution in [1.29, 1.82) is 0 Å². The molecule has 0 aliphatic carbocycles. The van der Waals surface area contributed by atoms with Crippen LogP contribution in [0.4, 0.5) is 15.2 Å². The summed E-state index contributed by atoms with van der Waals surface area (Å²) in [6.45, 7) is 0. The monoisotopic (exact) mass is 437 g/mol. The van der Waals surface area contributed by atoms with Crippen molar-refractivity contribution in [3.05, 3.63) is 89.6 Å². The lowest BCUT2D eigenvalue weighted by molar-refractivity contribution is -0.115. The summed E-state index contributed by atoms with van der Waals surface area (Å²) < 4.78 is 23.8. The van der Waals surface area contributed by atoms with Gasteiger partial charge in [0.05, 0.1) is 18.4 Å². The predicted octanol–water partition coefficient (Wildman–Crippen LogP) is 5.10. The number of carbonyl (C=O) groups excluding carboxylic acids is 2. The van der Waals surface area contributed by atoms with E-state index in [1.54, 1.807) is 53.9 Å². The van der Waals surface area contributed by atoms with E-state index >= 15 is 0 Å². The van der Waals surface area contributed by atoms with Gasteiger partial charge in [-0.05, 0) is 48.5 Å². The highest BCUT2D eigenvalue weighted by Gasteiger charge is 2.13. The molecule has 0 aliphatic heterocycles. The number of benzene rings is 2. The van der Waals surface area contributed by atoms with E-state index in [0.29, 0.717) is 28.0 Å². The van der Waals surface area contributed by atoms with Crippen LogP contribution in [0.1, 0.15) is 16.2 Å². The zero-order valence-electron chi connectivity index (χ0n) is 16.0. The molecule has 4 aromatic rings. The van der Waals surface area contributed by atoms with Crippen molar-refractivity contribution in [2.24, 2.45) is 0 Å². The van der Waals surface area contributed by atoms with Crippen LogP contribution in [0.2, 0.25) is 0 Å². The van der Waals surface area contributed by atoms with Crippen molar-refractivity contribution < 1.29 is 23.1 Å². The number of carbonyl (C=O) groups is 2. The Labute approximate surface area is 180 Å². The molecular weight excluding hydrogens is 421 g/mol. The minimum Gasteiger partial charge on any atom is -0.459 e. The van der Waals surface area contributed by atoms with Crippen LogP contribution in [0.5, 0.6) is 11.5 Å². The van der Waals surface area contributed by atoms with Crippen molar-refractivity contribution in [3.63, 3.8) is 0 Å². The van der Waals surface area contributed by atoms with Gasteiger partial charge in [-0.3, -0.25) is 14.9 Å². The number of ether oxygens (including phenoxy) is 1. The Kier molecular flexibility index (Phi) is 6.04. The van der Waals surface area contributed by atoms with Crippen molar-refractivity contribution in [1.82, 2.24) is 4.98 Å². The van der Waals surface area contributed by atoms with Crippen LogP contribution < -0.4 is 15.4 Å². The Morgan fingerprint density at radius 2 is 1.87 bits per heavy atom. The Balaban J connectivity index is 1.29. The quantitative estimate of drug-likeness (QED) is 0.420. The zero-order valence-corrected chi connectivity index (χ0v) is 16.8. The highest BCUT2D eigenvalue weighted by molar-refractivity contribution is 7.14. The number of anilines is 2. The molecule has 0 atom stereocenters. The zero-order chi connectivity index (χ0) is 21.6. The lowest BCUT2D eigenvalue weighted by Crippen LogP contribution is -2.15. The van der Waals surface area contributed by atoms with Crippen LogP contribution in [0, 0.1) is 5.82 Å². The lowest BCUT2D eigenvalue weighted by atomic mass is 10.2. The highest BCUT2D eigenvalue weighted by atomic mass is 32.1. The molecule has 0 fully saturated rings. The lowest BCUT2D eigenvalue weighted by Gasteiger charge is -2.08. The predicted molar refractivity (Wildman–Crippen MR) is 114 cm³/mol. The minimum absolute atomic E-state index is 0.0503. The van der Waals surface area contributed by atoms with Crippen LogP contribution in [0.3, 0.4) is 0 Å². The fourth-order valence-electron chi connectivity index (χ4n) is 2.65. The van der Waals surface area contributed by atoms with E-state index in [1.165, 1.54) is 29.7 Å². The molecule has 2 aromatic carbocycles. The smallest absolute Gasteiger partial charge is 0.293 e. The fourth-order valence-corrected chi connectivity index (χ4v) is 3.36. The molecule has 7 nitrogen and oxygen atoms in total. The molecular formula is C22H16FN3O4S. The highest BCUT2D eigenvalue weighted by Crippen LogP contribution is 2.24. The average molecular weight is 437 g/mol. The first-order valence-corrected chi connectivity index (χ1v) is 10.1. The van der Waals surface area contributed by atoms with Crippen molar-refractivity contribution in [2.75, 3.05) is 10.6 Å². The maximum Gasteiger partial charge on any atom is 0.293 e. The van der Waals surface area contributed by atoms with Gasteiger partial charge >= 0.3 is 0 Å². The van der Waals surface area contributed by atoms with Crippen molar-refractivity contribution in [3.8, 4) is 11.5 Å². The van der Waals surface area contributed by atoms with Gasteiger partial charge in [0.1, 0.15) is 17.3 Å². The molecule has 31 heavy (non-hydrogen) atoms. The van der Waals surface area contributed by atoms with Crippen LogP contribution in [0.15, 0.2) is 76.7 Å². The van der Waals surface area contributed by atoms with Gasteiger partial charge in [-0.1, -0.05) is 6.07 Å². The molecule has 0 aliphatic rings. The van der Waals surface area contributed by atoms with Crippen LogP contribution in [0.25, 0.3) is 0 Å². The third-order valence-corrected chi connectivity index (χ3v) is 4.84. The van der Waals surface area contributed by atoms with Gasteiger partial charge in [-0.25, -0.2) is 9.37 Å². The summed E-state index contributed by atoms with van der Waals surface area (Å²) in [5.41, 5.74) is 1.11. The normalized spacial score (nSPS) is 10.5. The Morgan fingerprint density at radius 1 is 1.03 bits per heavy atom. The second-order valence-corrected chi connectivity index (χ2v) is 7.24. The van der Waals surface area contributed by atoms with E-state index in [4.69, 9.17) is 9.15 Å². The molecule has 4 rings (SSSR count). The van der Waals surface area contributed by atoms with Gasteiger partial charge in [0.25, 0.3) is 5.91 Å². The number of furan rings is 1. The van der Waals surface area contributed by atoms with Gasteiger partial charge < -0.3 is 14.5 Å². The number of rotatable bonds is 7. The molecule has 9 heteroatoms. The molecule has 156 valence electrons. The number of hydrogen-bond donors (Lipinski definition) is 2. The Bertz CT molecular complexity index is 1190. The summed E-state index contributed by atoms with van der Waals surface area (Å²) in [5, 5.41) is 7.47. The van der Waals surface area contributed by atoms with Crippen LogP contribution in [-0.2, 0) is 11.2 Å². The molecule has 2 amide bonds. The molecule has 2 heterocycles. The molecule has 0 unspecified atom stereocenters. The van der Waals surface area contributed by atoms with Gasteiger partial charge in [0.2, 0.25) is 5.91 Å². The number of amides is 2.